The van der Waals surface area contributed by atoms with E-state index >= 15 is 0 Å². The molecule has 0 heterocycles. The van der Waals surface area contributed by atoms with Gasteiger partial charge in [0.15, 0.2) is 6.29 Å². The SMILES string of the molecule is CC(=O)Cc1ccc(O)c(C=O)c1. The second-order valence-corrected chi connectivity index (χ2v) is 2.89. The molecule has 0 aromatic heterocycles. The fraction of sp³-hybridized carbons (Fsp3) is 0.200. The van der Waals surface area contributed by atoms with Crippen LogP contribution < -0.4 is 0 Å². The van der Waals surface area contributed by atoms with E-state index < -0.39 is 0 Å². The van der Waals surface area contributed by atoms with Crippen molar-refractivity contribution in [1.29, 1.82) is 0 Å². The number of ketones is 1. The Hall–Kier alpha value is -1.64. The number of Topliss-reactive ketones (excluding diaryl/α,β-unsaturated/α-hetero) is 1. The van der Waals surface area contributed by atoms with Gasteiger partial charge in [0.1, 0.15) is 11.5 Å². The van der Waals surface area contributed by atoms with E-state index in [-0.39, 0.29) is 17.1 Å². The first-order chi connectivity index (χ1) is 6.13. The quantitative estimate of drug-likeness (QED) is 0.710. The van der Waals surface area contributed by atoms with Gasteiger partial charge in [0, 0.05) is 6.42 Å². The summed E-state index contributed by atoms with van der Waals surface area (Å²) in [5, 5.41) is 9.15. The number of benzene rings is 1. The lowest BCUT2D eigenvalue weighted by Gasteiger charge is -2.00. The number of phenols is 1. The lowest BCUT2D eigenvalue weighted by Crippen LogP contribution is -1.96. The van der Waals surface area contributed by atoms with Gasteiger partial charge < -0.3 is 5.11 Å². The van der Waals surface area contributed by atoms with Crippen molar-refractivity contribution in [2.75, 3.05) is 0 Å². The van der Waals surface area contributed by atoms with Gasteiger partial charge in [0.05, 0.1) is 5.56 Å². The molecule has 1 aromatic rings. The van der Waals surface area contributed by atoms with E-state index in [1.807, 2.05) is 0 Å². The molecule has 0 saturated carbocycles. The Morgan fingerprint density at radius 3 is 2.77 bits per heavy atom. The number of rotatable bonds is 3. The van der Waals surface area contributed by atoms with Crippen molar-refractivity contribution in [3.63, 3.8) is 0 Å². The Bertz CT molecular complexity index is 342. The summed E-state index contributed by atoms with van der Waals surface area (Å²) in [6, 6.07) is 4.56. The Balaban J connectivity index is 2.99. The van der Waals surface area contributed by atoms with Gasteiger partial charge in [0.25, 0.3) is 0 Å². The molecule has 1 N–H and O–H groups in total. The van der Waals surface area contributed by atoms with Gasteiger partial charge >= 0.3 is 0 Å². The molecule has 0 bridgehead atoms. The number of aldehydes is 1. The maximum atomic E-state index is 10.7. The highest BCUT2D eigenvalue weighted by Gasteiger charge is 2.02. The molecule has 0 fully saturated rings. The van der Waals surface area contributed by atoms with Crippen LogP contribution in [0.4, 0.5) is 0 Å². The molecule has 0 saturated heterocycles. The summed E-state index contributed by atoms with van der Waals surface area (Å²) in [6.45, 7) is 1.48. The number of phenolic OH excluding ortho intramolecular Hbond substituents is 1. The van der Waals surface area contributed by atoms with Gasteiger partial charge in [-0.05, 0) is 24.6 Å². The Kier molecular flexibility index (Phi) is 2.80. The average molecular weight is 178 g/mol. The maximum Gasteiger partial charge on any atom is 0.153 e. The molecule has 0 atom stereocenters. The number of carbonyl (C=O) groups excluding carboxylic acids is 2. The van der Waals surface area contributed by atoms with E-state index in [0.29, 0.717) is 12.7 Å². The third-order valence-electron chi connectivity index (χ3n) is 1.67. The van der Waals surface area contributed by atoms with Crippen molar-refractivity contribution in [1.82, 2.24) is 0 Å². The summed E-state index contributed by atoms with van der Waals surface area (Å²) in [6.07, 6.45) is 0.861. The molecule has 3 heteroatoms. The number of hydrogen-bond donors (Lipinski definition) is 1. The lowest BCUT2D eigenvalue weighted by molar-refractivity contribution is -0.116. The Morgan fingerprint density at radius 1 is 1.54 bits per heavy atom. The topological polar surface area (TPSA) is 54.4 Å². The average Bonchev–Trinajstić information content (AvgIpc) is 2.07. The zero-order valence-corrected chi connectivity index (χ0v) is 7.28. The zero-order valence-electron chi connectivity index (χ0n) is 7.28. The largest absolute Gasteiger partial charge is 0.507 e. The van der Waals surface area contributed by atoms with E-state index in [1.54, 1.807) is 6.07 Å². The summed E-state index contributed by atoms with van der Waals surface area (Å²) in [4.78, 5) is 21.2. The summed E-state index contributed by atoms with van der Waals surface area (Å²) in [7, 11) is 0. The van der Waals surface area contributed by atoms with Gasteiger partial charge in [-0.25, -0.2) is 0 Å². The van der Waals surface area contributed by atoms with Gasteiger partial charge in [-0.15, -0.1) is 0 Å². The van der Waals surface area contributed by atoms with Crippen molar-refractivity contribution in [3.05, 3.63) is 29.3 Å². The molecule has 1 aromatic carbocycles. The fourth-order valence-electron chi connectivity index (χ4n) is 1.10. The van der Waals surface area contributed by atoms with Crippen LogP contribution in [0.1, 0.15) is 22.8 Å². The molecule has 13 heavy (non-hydrogen) atoms. The van der Waals surface area contributed by atoms with E-state index in [0.717, 1.165) is 5.56 Å². The second-order valence-electron chi connectivity index (χ2n) is 2.89. The molecule has 0 aliphatic carbocycles. The monoisotopic (exact) mass is 178 g/mol. The van der Waals surface area contributed by atoms with E-state index in [2.05, 4.69) is 0 Å². The van der Waals surface area contributed by atoms with Crippen LogP contribution in [-0.4, -0.2) is 17.2 Å². The van der Waals surface area contributed by atoms with Crippen molar-refractivity contribution in [3.8, 4) is 5.75 Å². The van der Waals surface area contributed by atoms with E-state index in [1.165, 1.54) is 19.1 Å². The molecular weight excluding hydrogens is 168 g/mol. The zero-order chi connectivity index (χ0) is 9.84. The third-order valence-corrected chi connectivity index (χ3v) is 1.67. The minimum Gasteiger partial charge on any atom is -0.507 e. The molecule has 0 radical (unpaired) electrons. The van der Waals surface area contributed by atoms with Crippen LogP contribution in [0, 0.1) is 0 Å². The molecule has 3 nitrogen and oxygen atoms in total. The van der Waals surface area contributed by atoms with Crippen LogP contribution in [-0.2, 0) is 11.2 Å². The first kappa shape index (κ1) is 9.45. The van der Waals surface area contributed by atoms with Crippen LogP contribution in [0.2, 0.25) is 0 Å². The van der Waals surface area contributed by atoms with Crippen LogP contribution in [0.3, 0.4) is 0 Å². The maximum absolute atomic E-state index is 10.7. The third kappa shape index (κ3) is 2.40. The minimum absolute atomic E-state index is 0.0301. The van der Waals surface area contributed by atoms with Crippen LogP contribution in [0.25, 0.3) is 0 Å². The van der Waals surface area contributed by atoms with Crippen LogP contribution in [0.5, 0.6) is 5.75 Å². The predicted molar refractivity (Wildman–Crippen MR) is 47.9 cm³/mol. The summed E-state index contributed by atoms with van der Waals surface area (Å²) in [5.74, 6) is -0.0233. The van der Waals surface area contributed by atoms with Crippen molar-refractivity contribution in [2.45, 2.75) is 13.3 Å². The first-order valence-corrected chi connectivity index (χ1v) is 3.90. The highest BCUT2D eigenvalue weighted by molar-refractivity contribution is 5.82. The van der Waals surface area contributed by atoms with Gasteiger partial charge in [-0.1, -0.05) is 6.07 Å². The molecule has 0 aliphatic heterocycles. The smallest absolute Gasteiger partial charge is 0.153 e. The standard InChI is InChI=1S/C10H10O3/c1-7(12)4-8-2-3-10(13)9(5-8)6-11/h2-3,5-6,13H,4H2,1H3. The van der Waals surface area contributed by atoms with Crippen LogP contribution in [0.15, 0.2) is 18.2 Å². The first-order valence-electron chi connectivity index (χ1n) is 3.90. The molecular formula is C10H10O3. The summed E-state index contributed by atoms with van der Waals surface area (Å²) < 4.78 is 0. The van der Waals surface area contributed by atoms with E-state index in [9.17, 15) is 9.59 Å². The van der Waals surface area contributed by atoms with Crippen molar-refractivity contribution in [2.24, 2.45) is 0 Å². The van der Waals surface area contributed by atoms with Gasteiger partial charge in [-0.3, -0.25) is 9.59 Å². The molecule has 1 rings (SSSR count). The molecule has 68 valence electrons. The second kappa shape index (κ2) is 3.85. The van der Waals surface area contributed by atoms with Crippen molar-refractivity contribution >= 4 is 12.1 Å². The Labute approximate surface area is 76.0 Å². The fourth-order valence-corrected chi connectivity index (χ4v) is 1.10. The normalized spacial score (nSPS) is 9.62. The number of hydrogen-bond acceptors (Lipinski definition) is 3. The minimum atomic E-state index is -0.0534. The summed E-state index contributed by atoms with van der Waals surface area (Å²) in [5.41, 5.74) is 0.964. The van der Waals surface area contributed by atoms with Crippen LogP contribution >= 0.6 is 0 Å². The van der Waals surface area contributed by atoms with Crippen molar-refractivity contribution < 1.29 is 14.7 Å². The Morgan fingerprint density at radius 2 is 2.23 bits per heavy atom. The van der Waals surface area contributed by atoms with E-state index in [4.69, 9.17) is 5.11 Å². The number of carbonyl (C=O) groups is 2. The number of aromatic hydroxyl groups is 1. The van der Waals surface area contributed by atoms with Gasteiger partial charge in [0.2, 0.25) is 0 Å². The molecule has 0 aliphatic rings. The lowest BCUT2D eigenvalue weighted by atomic mass is 10.1. The molecule has 0 amide bonds. The molecule has 0 spiro atoms. The van der Waals surface area contributed by atoms with Gasteiger partial charge in [-0.2, -0.15) is 0 Å². The summed E-state index contributed by atoms with van der Waals surface area (Å²) >= 11 is 0. The highest BCUT2D eigenvalue weighted by Crippen LogP contribution is 2.16. The molecule has 0 unspecified atom stereocenters. The predicted octanol–water partition coefficient (Wildman–Crippen LogP) is 1.34. The highest BCUT2D eigenvalue weighted by atomic mass is 16.3.